The van der Waals surface area contributed by atoms with Crippen LogP contribution < -0.4 is 0 Å². The fourth-order valence-corrected chi connectivity index (χ4v) is 5.87. The zero-order valence-corrected chi connectivity index (χ0v) is 22.5. The van der Waals surface area contributed by atoms with Crippen LogP contribution in [0.1, 0.15) is 30.9 Å². The molecule has 194 valence electrons. The average molecular weight is 538 g/mol. The van der Waals surface area contributed by atoms with Gasteiger partial charge in [-0.3, -0.25) is 4.79 Å². The molecule has 1 aromatic heterocycles. The van der Waals surface area contributed by atoms with Crippen LogP contribution in [0.2, 0.25) is 5.02 Å². The van der Waals surface area contributed by atoms with Crippen LogP contribution in [-0.2, 0) is 27.8 Å². The van der Waals surface area contributed by atoms with E-state index in [1.54, 1.807) is 17.0 Å². The molecule has 0 radical (unpaired) electrons. The molecule has 1 N–H and O–H groups in total. The molecule has 3 aromatic carbocycles. The molecule has 8 heteroatoms. The van der Waals surface area contributed by atoms with Crippen LogP contribution in [0.4, 0.5) is 0 Å². The molecule has 4 rings (SSSR count). The second-order valence-corrected chi connectivity index (χ2v) is 11.4. The van der Waals surface area contributed by atoms with Gasteiger partial charge in [-0.15, -0.1) is 0 Å². The number of carbonyl (C=O) groups excluding carboxylic acids is 1. The Labute approximate surface area is 223 Å². The minimum absolute atomic E-state index is 0.134. The van der Waals surface area contributed by atoms with Crippen molar-refractivity contribution in [2.75, 3.05) is 19.6 Å². The molecule has 1 heterocycles. The maximum Gasteiger partial charge on any atom is 0.243 e. The summed E-state index contributed by atoms with van der Waals surface area (Å²) in [4.78, 5) is 18.8. The van der Waals surface area contributed by atoms with E-state index >= 15 is 0 Å². The number of carbonyl (C=O) groups is 1. The van der Waals surface area contributed by atoms with E-state index in [1.807, 2.05) is 61.7 Å². The standard InChI is InChI=1S/C29H32ClN3O3S/c1-2-3-18-33(37(35,36)26-15-13-25(30)14-16-26)22-29(34)32(21-23-9-5-4-6-10-23)19-17-24-20-31-28-12-8-7-11-27(24)28/h4-16,20,31H,2-3,17-19,21-22H2,1H3. The molecule has 0 atom stereocenters. The van der Waals surface area contributed by atoms with Crippen molar-refractivity contribution in [1.82, 2.24) is 14.2 Å². The largest absolute Gasteiger partial charge is 0.361 e. The number of aromatic amines is 1. The number of unbranched alkanes of at least 4 members (excludes halogenated alkanes) is 1. The second-order valence-electron chi connectivity index (χ2n) is 9.06. The van der Waals surface area contributed by atoms with Gasteiger partial charge in [0.05, 0.1) is 11.4 Å². The number of rotatable bonds is 12. The number of benzene rings is 3. The average Bonchev–Trinajstić information content (AvgIpc) is 3.32. The Morgan fingerprint density at radius 2 is 1.62 bits per heavy atom. The Morgan fingerprint density at radius 3 is 2.35 bits per heavy atom. The summed E-state index contributed by atoms with van der Waals surface area (Å²) >= 11 is 5.97. The predicted molar refractivity (Wildman–Crippen MR) is 149 cm³/mol. The summed E-state index contributed by atoms with van der Waals surface area (Å²) in [5, 5.41) is 1.59. The molecular formula is C29H32ClN3O3S. The normalized spacial score (nSPS) is 11.8. The Hall–Kier alpha value is -3.13. The van der Waals surface area contributed by atoms with Gasteiger partial charge in [-0.25, -0.2) is 8.42 Å². The minimum atomic E-state index is -3.86. The first-order chi connectivity index (χ1) is 17.9. The number of amides is 1. The van der Waals surface area contributed by atoms with Gasteiger partial charge in [0.15, 0.2) is 0 Å². The summed E-state index contributed by atoms with van der Waals surface area (Å²) in [6.07, 6.45) is 4.11. The number of sulfonamides is 1. The third kappa shape index (κ3) is 6.80. The molecule has 4 aromatic rings. The van der Waals surface area contributed by atoms with Crippen molar-refractivity contribution in [3.63, 3.8) is 0 Å². The van der Waals surface area contributed by atoms with Crippen molar-refractivity contribution < 1.29 is 13.2 Å². The maximum absolute atomic E-state index is 13.7. The summed E-state index contributed by atoms with van der Waals surface area (Å²) in [7, 11) is -3.86. The lowest BCUT2D eigenvalue weighted by Crippen LogP contribution is -2.43. The summed E-state index contributed by atoms with van der Waals surface area (Å²) in [5.41, 5.74) is 3.17. The Kier molecular flexibility index (Phi) is 9.03. The second kappa shape index (κ2) is 12.4. The lowest BCUT2D eigenvalue weighted by Gasteiger charge is -2.27. The number of halogens is 1. The van der Waals surface area contributed by atoms with Gasteiger partial charge in [0.2, 0.25) is 15.9 Å². The fraction of sp³-hybridized carbons (Fsp3) is 0.276. The van der Waals surface area contributed by atoms with Gasteiger partial charge in [-0.05, 0) is 54.3 Å². The molecule has 37 heavy (non-hydrogen) atoms. The van der Waals surface area contributed by atoms with Gasteiger partial charge in [0.25, 0.3) is 0 Å². The summed E-state index contributed by atoms with van der Waals surface area (Å²) in [6.45, 7) is 2.93. The van der Waals surface area contributed by atoms with Crippen LogP contribution in [0.3, 0.4) is 0 Å². The van der Waals surface area contributed by atoms with E-state index < -0.39 is 10.0 Å². The van der Waals surface area contributed by atoms with E-state index in [-0.39, 0.29) is 23.9 Å². The number of fused-ring (bicyclic) bond motifs is 1. The smallest absolute Gasteiger partial charge is 0.243 e. The van der Waals surface area contributed by atoms with Crippen molar-refractivity contribution in [1.29, 1.82) is 0 Å². The molecule has 0 aliphatic carbocycles. The first-order valence-electron chi connectivity index (χ1n) is 12.5. The highest BCUT2D eigenvalue weighted by molar-refractivity contribution is 7.89. The van der Waals surface area contributed by atoms with E-state index in [4.69, 9.17) is 11.6 Å². The van der Waals surface area contributed by atoms with E-state index in [0.717, 1.165) is 28.5 Å². The molecule has 0 bridgehead atoms. The number of aromatic nitrogens is 1. The van der Waals surface area contributed by atoms with Crippen molar-refractivity contribution in [2.24, 2.45) is 0 Å². The summed E-state index contributed by atoms with van der Waals surface area (Å²) in [6, 6.07) is 23.9. The Morgan fingerprint density at radius 1 is 0.919 bits per heavy atom. The zero-order chi connectivity index (χ0) is 26.3. The number of hydrogen-bond acceptors (Lipinski definition) is 3. The van der Waals surface area contributed by atoms with Crippen LogP contribution in [-0.4, -0.2) is 48.1 Å². The monoisotopic (exact) mass is 537 g/mol. The lowest BCUT2D eigenvalue weighted by atomic mass is 10.1. The molecule has 0 spiro atoms. The maximum atomic E-state index is 13.7. The quantitative estimate of drug-likeness (QED) is 0.245. The van der Waals surface area contributed by atoms with Crippen LogP contribution in [0.25, 0.3) is 10.9 Å². The lowest BCUT2D eigenvalue weighted by molar-refractivity contribution is -0.132. The fourth-order valence-electron chi connectivity index (χ4n) is 4.31. The third-order valence-electron chi connectivity index (χ3n) is 6.42. The topological polar surface area (TPSA) is 73.5 Å². The molecule has 0 saturated carbocycles. The first kappa shape index (κ1) is 26.9. The van der Waals surface area contributed by atoms with Gasteiger partial charge in [0.1, 0.15) is 0 Å². The van der Waals surface area contributed by atoms with Crippen molar-refractivity contribution in [2.45, 2.75) is 37.6 Å². The minimum Gasteiger partial charge on any atom is -0.361 e. The number of H-pyrrole nitrogens is 1. The molecule has 6 nitrogen and oxygen atoms in total. The SMILES string of the molecule is CCCCN(CC(=O)N(CCc1c[nH]c2ccccc12)Cc1ccccc1)S(=O)(=O)c1ccc(Cl)cc1. The van der Waals surface area contributed by atoms with Crippen molar-refractivity contribution in [3.8, 4) is 0 Å². The number of para-hydroxylation sites is 1. The van der Waals surface area contributed by atoms with Crippen LogP contribution in [0.5, 0.6) is 0 Å². The highest BCUT2D eigenvalue weighted by Gasteiger charge is 2.28. The summed E-state index contributed by atoms with van der Waals surface area (Å²) in [5.74, 6) is -0.225. The molecule has 0 aliphatic rings. The van der Waals surface area contributed by atoms with E-state index in [9.17, 15) is 13.2 Å². The van der Waals surface area contributed by atoms with E-state index in [1.165, 1.54) is 16.4 Å². The third-order valence-corrected chi connectivity index (χ3v) is 8.53. The van der Waals surface area contributed by atoms with E-state index in [2.05, 4.69) is 11.1 Å². The van der Waals surface area contributed by atoms with Gasteiger partial charge >= 0.3 is 0 Å². The number of hydrogen-bond donors (Lipinski definition) is 1. The Balaban J connectivity index is 1.57. The Bertz CT molecular complexity index is 1420. The molecular weight excluding hydrogens is 506 g/mol. The van der Waals surface area contributed by atoms with Crippen molar-refractivity contribution >= 4 is 38.4 Å². The molecule has 0 unspecified atom stereocenters. The molecule has 0 fully saturated rings. The predicted octanol–water partition coefficient (Wildman–Crippen LogP) is 5.88. The van der Waals surface area contributed by atoms with Crippen molar-refractivity contribution in [3.05, 3.63) is 101 Å². The molecule has 0 aliphatic heterocycles. The van der Waals surface area contributed by atoms with Gasteiger partial charge in [-0.1, -0.05) is 73.5 Å². The van der Waals surface area contributed by atoms with Crippen LogP contribution in [0.15, 0.2) is 90.0 Å². The first-order valence-corrected chi connectivity index (χ1v) is 14.3. The highest BCUT2D eigenvalue weighted by atomic mass is 35.5. The zero-order valence-electron chi connectivity index (χ0n) is 20.9. The van der Waals surface area contributed by atoms with E-state index in [0.29, 0.717) is 31.0 Å². The van der Waals surface area contributed by atoms with Crippen LogP contribution >= 0.6 is 11.6 Å². The highest BCUT2D eigenvalue weighted by Crippen LogP contribution is 2.21. The summed E-state index contributed by atoms with van der Waals surface area (Å²) < 4.78 is 28.2. The van der Waals surface area contributed by atoms with Gasteiger partial charge in [0, 0.05) is 41.8 Å². The van der Waals surface area contributed by atoms with Gasteiger partial charge in [-0.2, -0.15) is 4.31 Å². The molecule has 0 saturated heterocycles. The van der Waals surface area contributed by atoms with Gasteiger partial charge < -0.3 is 9.88 Å². The van der Waals surface area contributed by atoms with Crippen LogP contribution in [0, 0.1) is 0 Å². The molecule has 1 amide bonds. The number of nitrogens with zero attached hydrogens (tertiary/aromatic N) is 2. The number of nitrogens with one attached hydrogen (secondary N) is 1.